The molecule has 0 bridgehead atoms. The molecule has 0 aromatic carbocycles. The summed E-state index contributed by atoms with van der Waals surface area (Å²) in [7, 11) is 0. The van der Waals surface area contributed by atoms with Crippen molar-refractivity contribution in [2.24, 2.45) is 17.8 Å². The number of esters is 2. The fourth-order valence-electron chi connectivity index (χ4n) is 4.88. The molecule has 0 aromatic rings. The van der Waals surface area contributed by atoms with Crippen molar-refractivity contribution in [3.63, 3.8) is 0 Å². The third-order valence-corrected chi connectivity index (χ3v) is 7.58. The Morgan fingerprint density at radius 2 is 1.90 bits per heavy atom. The van der Waals surface area contributed by atoms with E-state index >= 15 is 0 Å². The Balaban J connectivity index is 2.17. The predicted octanol–water partition coefficient (Wildman–Crippen LogP) is 3.20. The van der Waals surface area contributed by atoms with Gasteiger partial charge in [-0.2, -0.15) is 0 Å². The first-order valence-corrected chi connectivity index (χ1v) is 13.8. The maximum Gasteiger partial charge on any atom is 0.309 e. The first-order valence-electron chi connectivity index (χ1n) is 13.8. The second-order valence-corrected chi connectivity index (χ2v) is 11.3. The molecular formula is C30H46O9. The minimum Gasteiger partial charge on any atom is -0.457 e. The van der Waals surface area contributed by atoms with E-state index < -0.39 is 60.4 Å². The number of cyclic esters (lactones) is 1. The Bertz CT molecular complexity index is 950. The zero-order valence-electron chi connectivity index (χ0n) is 24.2. The number of aliphatic hydroxyl groups excluding tert-OH is 2. The van der Waals surface area contributed by atoms with Gasteiger partial charge in [0.05, 0.1) is 30.8 Å². The third kappa shape index (κ3) is 9.67. The van der Waals surface area contributed by atoms with E-state index in [2.05, 4.69) is 6.92 Å². The average Bonchev–Trinajstić information content (AvgIpc) is 3.61. The molecule has 0 aliphatic carbocycles. The van der Waals surface area contributed by atoms with Gasteiger partial charge in [-0.1, -0.05) is 52.0 Å². The summed E-state index contributed by atoms with van der Waals surface area (Å²) in [5.74, 6) is -2.16. The topological polar surface area (TPSA) is 143 Å². The zero-order valence-corrected chi connectivity index (χ0v) is 24.2. The molecule has 10 unspecified atom stereocenters. The predicted molar refractivity (Wildman–Crippen MR) is 145 cm³/mol. The molecule has 0 saturated carbocycles. The summed E-state index contributed by atoms with van der Waals surface area (Å²) in [5.41, 5.74) is -1.33. The van der Waals surface area contributed by atoms with Gasteiger partial charge < -0.3 is 29.5 Å². The Morgan fingerprint density at radius 3 is 2.51 bits per heavy atom. The molecule has 2 heterocycles. The highest BCUT2D eigenvalue weighted by Gasteiger charge is 2.45. The van der Waals surface area contributed by atoms with Gasteiger partial charge in [-0.15, -0.1) is 0 Å². The number of ether oxygens (including phenoxy) is 3. The molecule has 39 heavy (non-hydrogen) atoms. The summed E-state index contributed by atoms with van der Waals surface area (Å²) in [6, 6.07) is 0. The molecule has 0 radical (unpaired) electrons. The fraction of sp³-hybridized carbons (Fsp3) is 0.700. The number of Topliss-reactive ketones (excluding diaryl/α,β-unsaturated/α-hetero) is 1. The number of hydrogen-bond acceptors (Lipinski definition) is 9. The molecule has 220 valence electrons. The van der Waals surface area contributed by atoms with Crippen LogP contribution in [0.25, 0.3) is 0 Å². The molecule has 3 N–H and O–H groups in total. The summed E-state index contributed by atoms with van der Waals surface area (Å²) in [4.78, 5) is 36.9. The SMILES string of the molecule is CCC(O)C(C)C1OC1CC(C)/C=C/C=C(\C)C1OC(=O)CC(O)CC(=O)C(C)(O)C(OC(C)=O)/C=C\C1C. The van der Waals surface area contributed by atoms with Crippen LogP contribution >= 0.6 is 0 Å². The Labute approximate surface area is 231 Å². The highest BCUT2D eigenvalue weighted by molar-refractivity contribution is 5.89. The minimum atomic E-state index is -2.08. The second kappa shape index (κ2) is 14.3. The Hall–Kier alpha value is -2.33. The van der Waals surface area contributed by atoms with E-state index in [9.17, 15) is 29.7 Å². The lowest BCUT2D eigenvalue weighted by Gasteiger charge is -2.31. The average molecular weight is 551 g/mol. The molecule has 1 fully saturated rings. The lowest BCUT2D eigenvalue weighted by atomic mass is 9.87. The lowest BCUT2D eigenvalue weighted by molar-refractivity contribution is -0.163. The van der Waals surface area contributed by atoms with Crippen LogP contribution in [0.15, 0.2) is 36.0 Å². The van der Waals surface area contributed by atoms with Crippen molar-refractivity contribution in [2.75, 3.05) is 0 Å². The van der Waals surface area contributed by atoms with E-state index in [1.54, 1.807) is 13.0 Å². The minimum absolute atomic E-state index is 0.0820. The van der Waals surface area contributed by atoms with Crippen molar-refractivity contribution in [1.82, 2.24) is 0 Å². The van der Waals surface area contributed by atoms with Crippen molar-refractivity contribution in [3.05, 3.63) is 36.0 Å². The van der Waals surface area contributed by atoms with Gasteiger partial charge in [-0.05, 0) is 44.3 Å². The quantitative estimate of drug-likeness (QED) is 0.171. The normalized spacial score (nSPS) is 35.8. The summed E-state index contributed by atoms with van der Waals surface area (Å²) in [5, 5.41) is 31.2. The standard InChI is InChI=1S/C30H46O9/c1-8-23(33)20(5)29-24(38-29)14-17(2)10-9-11-18(3)28-19(4)12-13-26(37-21(6)31)30(7,36)25(34)15-22(32)16-27(35)39-28/h9-13,17,19-20,22-24,26,28-29,32-33,36H,8,14-16H2,1-7H3/b10-9+,13-12-,18-11+. The number of epoxide rings is 1. The number of carbonyl (C=O) groups excluding carboxylic acids is 3. The van der Waals surface area contributed by atoms with E-state index in [4.69, 9.17) is 14.2 Å². The van der Waals surface area contributed by atoms with Crippen molar-refractivity contribution in [1.29, 1.82) is 0 Å². The molecule has 9 nitrogen and oxygen atoms in total. The van der Waals surface area contributed by atoms with E-state index in [1.807, 2.05) is 39.0 Å². The lowest BCUT2D eigenvalue weighted by Crippen LogP contribution is -2.49. The van der Waals surface area contributed by atoms with Crippen LogP contribution in [0.4, 0.5) is 0 Å². The number of hydrogen-bond donors (Lipinski definition) is 3. The van der Waals surface area contributed by atoms with Gasteiger partial charge in [-0.3, -0.25) is 14.4 Å². The Kier molecular flexibility index (Phi) is 12.1. The molecule has 1 saturated heterocycles. The van der Waals surface area contributed by atoms with Gasteiger partial charge in [0.15, 0.2) is 17.5 Å². The number of aliphatic hydroxyl groups is 3. The summed E-state index contributed by atoms with van der Waals surface area (Å²) >= 11 is 0. The molecular weight excluding hydrogens is 504 g/mol. The van der Waals surface area contributed by atoms with E-state index in [1.165, 1.54) is 19.9 Å². The largest absolute Gasteiger partial charge is 0.457 e. The molecule has 2 aliphatic rings. The highest BCUT2D eigenvalue weighted by atomic mass is 16.6. The molecule has 0 aromatic heterocycles. The van der Waals surface area contributed by atoms with Crippen LogP contribution in [-0.2, 0) is 28.6 Å². The van der Waals surface area contributed by atoms with Gasteiger partial charge in [0.2, 0.25) is 0 Å². The molecule has 2 rings (SSSR count). The van der Waals surface area contributed by atoms with Crippen LogP contribution in [0.2, 0.25) is 0 Å². The van der Waals surface area contributed by atoms with Crippen LogP contribution < -0.4 is 0 Å². The van der Waals surface area contributed by atoms with E-state index in [0.29, 0.717) is 6.42 Å². The van der Waals surface area contributed by atoms with Gasteiger partial charge in [0.1, 0.15) is 6.10 Å². The van der Waals surface area contributed by atoms with Gasteiger partial charge >= 0.3 is 11.9 Å². The Morgan fingerprint density at radius 1 is 1.23 bits per heavy atom. The first kappa shape index (κ1) is 32.9. The van der Waals surface area contributed by atoms with Crippen LogP contribution in [0, 0.1) is 17.8 Å². The third-order valence-electron chi connectivity index (χ3n) is 7.58. The molecule has 0 amide bonds. The van der Waals surface area contributed by atoms with Crippen molar-refractivity contribution >= 4 is 17.7 Å². The van der Waals surface area contributed by atoms with Crippen LogP contribution in [0.3, 0.4) is 0 Å². The van der Waals surface area contributed by atoms with Crippen molar-refractivity contribution in [2.45, 2.75) is 116 Å². The smallest absolute Gasteiger partial charge is 0.309 e. The molecule has 10 atom stereocenters. The van der Waals surface area contributed by atoms with Crippen LogP contribution in [0.5, 0.6) is 0 Å². The maximum absolute atomic E-state index is 12.6. The monoisotopic (exact) mass is 550 g/mol. The molecule has 2 aliphatic heterocycles. The van der Waals surface area contributed by atoms with Gasteiger partial charge in [0, 0.05) is 25.2 Å². The van der Waals surface area contributed by atoms with E-state index in [0.717, 1.165) is 12.0 Å². The first-order chi connectivity index (χ1) is 18.2. The van der Waals surface area contributed by atoms with Crippen LogP contribution in [-0.4, -0.2) is 75.3 Å². The number of carbonyl (C=O) groups is 3. The second-order valence-electron chi connectivity index (χ2n) is 11.3. The van der Waals surface area contributed by atoms with E-state index in [-0.39, 0.29) is 30.1 Å². The highest BCUT2D eigenvalue weighted by Crippen LogP contribution is 2.36. The fourth-order valence-corrected chi connectivity index (χ4v) is 4.88. The molecule has 0 spiro atoms. The maximum atomic E-state index is 12.6. The van der Waals surface area contributed by atoms with Crippen molar-refractivity contribution < 1.29 is 43.9 Å². The summed E-state index contributed by atoms with van der Waals surface area (Å²) in [6.45, 7) is 12.1. The zero-order chi connectivity index (χ0) is 29.5. The number of rotatable bonds is 9. The summed E-state index contributed by atoms with van der Waals surface area (Å²) < 4.78 is 16.7. The van der Waals surface area contributed by atoms with Gasteiger partial charge in [-0.25, -0.2) is 0 Å². The summed E-state index contributed by atoms with van der Waals surface area (Å²) in [6.07, 6.45) is 6.04. The van der Waals surface area contributed by atoms with Crippen molar-refractivity contribution in [3.8, 4) is 0 Å². The number of allylic oxidation sites excluding steroid dienone is 3. The van der Waals surface area contributed by atoms with Gasteiger partial charge in [0.25, 0.3) is 0 Å². The van der Waals surface area contributed by atoms with Crippen LogP contribution in [0.1, 0.15) is 74.1 Å². The number of ketones is 1. The molecule has 9 heteroatoms.